The highest BCUT2D eigenvalue weighted by molar-refractivity contribution is 7.86. The summed E-state index contributed by atoms with van der Waals surface area (Å²) in [5.74, 6) is 3.61. The van der Waals surface area contributed by atoms with E-state index in [4.69, 9.17) is 4.18 Å². The largest absolute Gasteiger partial charge is 0.428 e. The van der Waals surface area contributed by atoms with Gasteiger partial charge in [0.05, 0.1) is 6.21 Å². The lowest BCUT2D eigenvalue weighted by molar-refractivity contribution is 0.0253. The molecule has 28 heavy (non-hydrogen) atoms. The lowest BCUT2D eigenvalue weighted by atomic mass is 9.54. The summed E-state index contributed by atoms with van der Waals surface area (Å²) in [5.41, 5.74) is 4.06. The molecular formula is C23H31NO3S. The minimum Gasteiger partial charge on any atom is -0.365 e. The molecule has 0 aromatic heterocycles. The van der Waals surface area contributed by atoms with Crippen molar-refractivity contribution in [3.8, 4) is 5.75 Å². The van der Waals surface area contributed by atoms with Crippen LogP contribution in [0.1, 0.15) is 87.8 Å². The third-order valence-corrected chi connectivity index (χ3v) is 9.23. The Bertz CT molecular complexity index is 922. The Balaban J connectivity index is 1.45. The summed E-state index contributed by atoms with van der Waals surface area (Å²) < 4.78 is 32.0. The fourth-order valence-corrected chi connectivity index (χ4v) is 7.74. The number of benzene rings is 1. The van der Waals surface area contributed by atoms with Crippen molar-refractivity contribution in [3.05, 3.63) is 28.8 Å². The zero-order chi connectivity index (χ0) is 19.5. The summed E-state index contributed by atoms with van der Waals surface area (Å²) in [5, 5.41) is 0. The predicted molar refractivity (Wildman–Crippen MR) is 111 cm³/mol. The predicted octanol–water partition coefficient (Wildman–Crippen LogP) is 5.41. The molecule has 0 saturated heterocycles. The number of hydrogen-bond acceptors (Lipinski definition) is 3. The van der Waals surface area contributed by atoms with E-state index in [1.54, 1.807) is 0 Å². The van der Waals surface area contributed by atoms with Gasteiger partial charge in [-0.15, -0.1) is 4.40 Å². The van der Waals surface area contributed by atoms with Gasteiger partial charge in [0, 0.05) is 5.56 Å². The van der Waals surface area contributed by atoms with Crippen LogP contribution in [0.4, 0.5) is 0 Å². The van der Waals surface area contributed by atoms with Crippen LogP contribution in [-0.2, 0) is 16.7 Å². The first-order valence-electron chi connectivity index (χ1n) is 11.1. The van der Waals surface area contributed by atoms with Crippen molar-refractivity contribution < 1.29 is 12.6 Å². The first-order chi connectivity index (χ1) is 13.4. The van der Waals surface area contributed by atoms with E-state index < -0.39 is 10.3 Å². The summed E-state index contributed by atoms with van der Waals surface area (Å²) in [7, 11) is -3.81. The van der Waals surface area contributed by atoms with Gasteiger partial charge < -0.3 is 4.18 Å². The van der Waals surface area contributed by atoms with Crippen molar-refractivity contribution in [1.82, 2.24) is 0 Å². The number of nitrogens with zero attached hydrogens (tertiary/aromatic N) is 1. The molecule has 0 amide bonds. The van der Waals surface area contributed by atoms with Crippen LogP contribution in [0.5, 0.6) is 5.75 Å². The van der Waals surface area contributed by atoms with Crippen LogP contribution >= 0.6 is 0 Å². The molecule has 4 aliphatic rings. The van der Waals surface area contributed by atoms with E-state index in [9.17, 15) is 8.42 Å². The zero-order valence-corrected chi connectivity index (χ0v) is 17.8. The van der Waals surface area contributed by atoms with E-state index in [1.165, 1.54) is 68.7 Å². The van der Waals surface area contributed by atoms with Crippen molar-refractivity contribution in [2.45, 2.75) is 77.6 Å². The third kappa shape index (κ3) is 2.84. The summed E-state index contributed by atoms with van der Waals surface area (Å²) in [6.45, 7) is 4.90. The van der Waals surface area contributed by atoms with Gasteiger partial charge in [0.2, 0.25) is 0 Å². The second-order valence-corrected chi connectivity index (χ2v) is 10.9. The molecular weight excluding hydrogens is 370 g/mol. The quantitative estimate of drug-likeness (QED) is 0.681. The van der Waals surface area contributed by atoms with Gasteiger partial charge in [0.1, 0.15) is 0 Å². The molecule has 0 bridgehead atoms. The number of hydrogen-bond donors (Lipinski definition) is 0. The van der Waals surface area contributed by atoms with Gasteiger partial charge in [-0.05, 0) is 97.3 Å². The normalized spacial score (nSPS) is 37.4. The van der Waals surface area contributed by atoms with Gasteiger partial charge in [-0.3, -0.25) is 0 Å². The Morgan fingerprint density at radius 3 is 2.89 bits per heavy atom. The molecule has 0 unspecified atom stereocenters. The first-order valence-corrected chi connectivity index (χ1v) is 12.4. The molecule has 5 rings (SSSR count). The number of aryl methyl sites for hydroxylation is 1. The molecule has 0 N–H and O–H groups in total. The van der Waals surface area contributed by atoms with Crippen molar-refractivity contribution in [2.75, 3.05) is 0 Å². The maximum atomic E-state index is 11.7. The van der Waals surface area contributed by atoms with E-state index in [-0.39, 0.29) is 0 Å². The van der Waals surface area contributed by atoms with Gasteiger partial charge in [-0.25, -0.2) is 0 Å². The molecule has 3 aliphatic carbocycles. The fourth-order valence-electron chi connectivity index (χ4n) is 7.08. The average Bonchev–Trinajstić information content (AvgIpc) is 3.00. The lowest BCUT2D eigenvalue weighted by Gasteiger charge is -2.51. The van der Waals surface area contributed by atoms with Crippen LogP contribution in [0.25, 0.3) is 0 Å². The highest BCUT2D eigenvalue weighted by Gasteiger charge is 2.54. The van der Waals surface area contributed by atoms with E-state index >= 15 is 0 Å². The summed E-state index contributed by atoms with van der Waals surface area (Å²) >= 11 is 0. The monoisotopic (exact) mass is 401 g/mol. The Morgan fingerprint density at radius 1 is 1.21 bits per heavy atom. The van der Waals surface area contributed by atoms with Crippen LogP contribution < -0.4 is 4.18 Å². The third-order valence-electron chi connectivity index (χ3n) is 8.47. The molecule has 1 aromatic rings. The minimum absolute atomic E-state index is 0.452. The molecule has 5 atom stereocenters. The molecule has 2 saturated carbocycles. The second-order valence-electron chi connectivity index (χ2n) is 9.71. The molecule has 1 heterocycles. The van der Waals surface area contributed by atoms with E-state index in [2.05, 4.69) is 24.3 Å². The molecule has 0 spiro atoms. The number of rotatable bonds is 3. The molecule has 2 fully saturated rings. The second kappa shape index (κ2) is 6.58. The van der Waals surface area contributed by atoms with Gasteiger partial charge >= 0.3 is 10.3 Å². The summed E-state index contributed by atoms with van der Waals surface area (Å²) in [6, 6.07) is 4.14. The minimum atomic E-state index is -3.81. The van der Waals surface area contributed by atoms with Crippen LogP contribution in [0.2, 0.25) is 0 Å². The molecule has 5 heteroatoms. The van der Waals surface area contributed by atoms with Crippen molar-refractivity contribution in [3.63, 3.8) is 0 Å². The highest BCUT2D eigenvalue weighted by atomic mass is 32.2. The Kier molecular flexibility index (Phi) is 4.38. The van der Waals surface area contributed by atoms with Crippen LogP contribution in [0, 0.1) is 23.2 Å². The smallest absolute Gasteiger partial charge is 0.365 e. The van der Waals surface area contributed by atoms with E-state index in [1.807, 2.05) is 6.07 Å². The Labute approximate surface area is 169 Å². The Morgan fingerprint density at radius 2 is 2.07 bits per heavy atom. The topological polar surface area (TPSA) is 55.7 Å². The van der Waals surface area contributed by atoms with Crippen LogP contribution in [0.3, 0.4) is 0 Å². The van der Waals surface area contributed by atoms with Crippen LogP contribution in [-0.4, -0.2) is 14.6 Å². The summed E-state index contributed by atoms with van der Waals surface area (Å²) in [6.07, 6.45) is 13.2. The van der Waals surface area contributed by atoms with Crippen molar-refractivity contribution in [1.29, 1.82) is 0 Å². The summed E-state index contributed by atoms with van der Waals surface area (Å²) in [4.78, 5) is 0. The number of unbranched alkanes of at least 4 members (excludes halogenated alkanes) is 1. The van der Waals surface area contributed by atoms with Gasteiger partial charge in [0.25, 0.3) is 0 Å². The van der Waals surface area contributed by atoms with Gasteiger partial charge in [0.15, 0.2) is 5.75 Å². The molecule has 4 nitrogen and oxygen atoms in total. The molecule has 0 radical (unpaired) electrons. The molecule has 1 aliphatic heterocycles. The zero-order valence-electron chi connectivity index (χ0n) is 17.0. The van der Waals surface area contributed by atoms with Gasteiger partial charge in [-0.2, -0.15) is 8.42 Å². The first kappa shape index (κ1) is 18.7. The maximum absolute atomic E-state index is 11.7. The molecule has 1 aromatic carbocycles. The number of fused-ring (bicyclic) bond motifs is 6. The van der Waals surface area contributed by atoms with Crippen molar-refractivity contribution in [2.24, 2.45) is 27.6 Å². The SMILES string of the molecule is CCCC[C@H]1CC[C@H]2[C@@H]3CCc4cc5c(cc4[C@H]3CC[C@]12C)C=NS(=O)(=O)O5. The average molecular weight is 402 g/mol. The van der Waals surface area contributed by atoms with Crippen molar-refractivity contribution >= 4 is 16.5 Å². The van der Waals surface area contributed by atoms with Crippen LogP contribution in [0.15, 0.2) is 16.5 Å². The van der Waals surface area contributed by atoms with E-state index in [0.29, 0.717) is 17.1 Å². The standard InChI is InChI=1S/C23H31NO3S/c1-3-4-5-17-7-9-21-19-8-6-15-13-22-16(14-24-28(25,26)27-22)12-20(15)18(19)10-11-23(17,21)2/h12-14,17-19,21H,3-11H2,1-2H3/t17-,18-,19+,21-,23+/m0/s1. The maximum Gasteiger partial charge on any atom is 0.428 e. The fraction of sp³-hybridized carbons (Fsp3) is 0.696. The Hall–Kier alpha value is -1.36. The molecule has 152 valence electrons. The van der Waals surface area contributed by atoms with Gasteiger partial charge in [-0.1, -0.05) is 26.7 Å². The van der Waals surface area contributed by atoms with E-state index in [0.717, 1.165) is 29.7 Å². The highest BCUT2D eigenvalue weighted by Crippen LogP contribution is 2.64. The lowest BCUT2D eigenvalue weighted by Crippen LogP contribution is -2.42.